The summed E-state index contributed by atoms with van der Waals surface area (Å²) in [5.74, 6) is 0.713. The second-order valence-electron chi connectivity index (χ2n) is 6.18. The highest BCUT2D eigenvalue weighted by molar-refractivity contribution is 7.12. The number of aryl methyl sites for hydroxylation is 1. The van der Waals surface area contributed by atoms with Gasteiger partial charge in [-0.3, -0.25) is 0 Å². The number of hydrogen-bond acceptors (Lipinski definition) is 2. The molecule has 114 valence electrons. The fourth-order valence-corrected chi connectivity index (χ4v) is 3.58. The van der Waals surface area contributed by atoms with Crippen molar-refractivity contribution < 1.29 is 0 Å². The van der Waals surface area contributed by atoms with Crippen molar-refractivity contribution in [3.05, 3.63) is 57.3 Å². The Labute approximate surface area is 133 Å². The van der Waals surface area contributed by atoms with Crippen LogP contribution in [-0.2, 0) is 6.42 Å². The molecular formula is C19H27NS. The molecule has 1 N–H and O–H groups in total. The molecule has 0 saturated heterocycles. The predicted molar refractivity (Wildman–Crippen MR) is 94.2 cm³/mol. The molecule has 2 aromatic rings. The van der Waals surface area contributed by atoms with Crippen molar-refractivity contribution in [1.29, 1.82) is 0 Å². The molecule has 2 heteroatoms. The first kappa shape index (κ1) is 16.3. The van der Waals surface area contributed by atoms with Gasteiger partial charge >= 0.3 is 0 Å². The van der Waals surface area contributed by atoms with Crippen molar-refractivity contribution >= 4 is 11.3 Å². The fourth-order valence-electron chi connectivity index (χ4n) is 2.60. The molecule has 1 nitrogen and oxygen atoms in total. The summed E-state index contributed by atoms with van der Waals surface area (Å²) in [6, 6.07) is 14.0. The predicted octanol–water partition coefficient (Wildman–Crippen LogP) is 5.34. The van der Waals surface area contributed by atoms with Gasteiger partial charge in [-0.05, 0) is 55.5 Å². The molecule has 0 aliphatic heterocycles. The number of hydrogen-bond donors (Lipinski definition) is 1. The summed E-state index contributed by atoms with van der Waals surface area (Å²) in [6.07, 6.45) is 2.32. The Morgan fingerprint density at radius 2 is 1.76 bits per heavy atom. The van der Waals surface area contributed by atoms with Crippen LogP contribution in [0, 0.1) is 12.8 Å². The van der Waals surface area contributed by atoms with Gasteiger partial charge in [0.25, 0.3) is 0 Å². The molecule has 0 fully saturated rings. The monoisotopic (exact) mass is 301 g/mol. The second kappa shape index (κ2) is 7.77. The zero-order valence-electron chi connectivity index (χ0n) is 13.6. The lowest BCUT2D eigenvalue weighted by Crippen LogP contribution is -2.22. The van der Waals surface area contributed by atoms with Gasteiger partial charge in [0.05, 0.1) is 6.04 Å². The van der Waals surface area contributed by atoms with Crippen LogP contribution >= 0.6 is 11.3 Å². The van der Waals surface area contributed by atoms with Crippen LogP contribution in [0.2, 0.25) is 0 Å². The maximum absolute atomic E-state index is 3.69. The third-order valence-corrected chi connectivity index (χ3v) is 4.67. The van der Waals surface area contributed by atoms with Gasteiger partial charge in [0.1, 0.15) is 0 Å². The van der Waals surface area contributed by atoms with Gasteiger partial charge in [-0.25, -0.2) is 0 Å². The van der Waals surface area contributed by atoms with Crippen molar-refractivity contribution in [3.8, 4) is 0 Å². The van der Waals surface area contributed by atoms with E-state index >= 15 is 0 Å². The molecule has 1 atom stereocenters. The fraction of sp³-hybridized carbons (Fsp3) is 0.474. The lowest BCUT2D eigenvalue weighted by Gasteiger charge is -2.18. The first-order valence-corrected chi connectivity index (χ1v) is 8.80. The Morgan fingerprint density at radius 1 is 1.05 bits per heavy atom. The van der Waals surface area contributed by atoms with Crippen LogP contribution in [0.15, 0.2) is 36.4 Å². The van der Waals surface area contributed by atoms with Crippen LogP contribution in [0.3, 0.4) is 0 Å². The van der Waals surface area contributed by atoms with Crippen molar-refractivity contribution in [2.75, 3.05) is 6.54 Å². The molecule has 0 aliphatic carbocycles. The van der Waals surface area contributed by atoms with E-state index in [-0.39, 0.29) is 0 Å². The highest BCUT2D eigenvalue weighted by Gasteiger charge is 2.15. The molecule has 1 aromatic carbocycles. The molecule has 0 saturated carbocycles. The first-order valence-electron chi connectivity index (χ1n) is 7.98. The SMILES string of the molecule is CCCNC(c1ccc(CC(C)C)cc1)c1ccc(C)s1. The maximum atomic E-state index is 3.69. The minimum absolute atomic E-state index is 0.330. The molecule has 1 aromatic heterocycles. The summed E-state index contributed by atoms with van der Waals surface area (Å²) in [5.41, 5.74) is 2.81. The molecular weight excluding hydrogens is 274 g/mol. The summed E-state index contributed by atoms with van der Waals surface area (Å²) in [6.45, 7) is 9.99. The third kappa shape index (κ3) is 4.69. The molecule has 21 heavy (non-hydrogen) atoms. The Balaban J connectivity index is 2.20. The molecule has 0 amide bonds. The van der Waals surface area contributed by atoms with E-state index in [9.17, 15) is 0 Å². The Kier molecular flexibility index (Phi) is 6.01. The van der Waals surface area contributed by atoms with E-state index < -0.39 is 0 Å². The lowest BCUT2D eigenvalue weighted by molar-refractivity contribution is 0.605. The van der Waals surface area contributed by atoms with Gasteiger partial charge in [0.15, 0.2) is 0 Å². The lowest BCUT2D eigenvalue weighted by atomic mass is 9.99. The van der Waals surface area contributed by atoms with Gasteiger partial charge in [0, 0.05) is 9.75 Å². The van der Waals surface area contributed by atoms with Gasteiger partial charge in [0.2, 0.25) is 0 Å². The van der Waals surface area contributed by atoms with Crippen molar-refractivity contribution in [1.82, 2.24) is 5.32 Å². The number of thiophene rings is 1. The number of nitrogens with one attached hydrogen (secondary N) is 1. The van der Waals surface area contributed by atoms with E-state index in [2.05, 4.69) is 69.4 Å². The minimum atomic E-state index is 0.330. The quantitative estimate of drug-likeness (QED) is 0.727. The Bertz CT molecular complexity index is 539. The molecule has 1 heterocycles. The number of rotatable bonds is 7. The Morgan fingerprint density at radius 3 is 2.29 bits per heavy atom. The van der Waals surface area contributed by atoms with Crippen molar-refractivity contribution in [2.45, 2.75) is 46.6 Å². The summed E-state index contributed by atoms with van der Waals surface area (Å²) < 4.78 is 0. The van der Waals surface area contributed by atoms with Crippen LogP contribution in [0.4, 0.5) is 0 Å². The number of benzene rings is 1. The molecule has 0 radical (unpaired) electrons. The summed E-state index contributed by atoms with van der Waals surface area (Å²) in [5, 5.41) is 3.69. The van der Waals surface area contributed by atoms with Crippen LogP contribution in [0.25, 0.3) is 0 Å². The molecule has 1 unspecified atom stereocenters. The minimum Gasteiger partial charge on any atom is -0.306 e. The summed E-state index contributed by atoms with van der Waals surface area (Å²) >= 11 is 1.89. The molecule has 0 spiro atoms. The largest absolute Gasteiger partial charge is 0.306 e. The zero-order chi connectivity index (χ0) is 15.2. The van der Waals surface area contributed by atoms with Gasteiger partial charge < -0.3 is 5.32 Å². The van der Waals surface area contributed by atoms with Crippen LogP contribution < -0.4 is 5.32 Å². The van der Waals surface area contributed by atoms with E-state index in [1.165, 1.54) is 20.9 Å². The van der Waals surface area contributed by atoms with E-state index in [4.69, 9.17) is 0 Å². The van der Waals surface area contributed by atoms with Gasteiger partial charge in [-0.15, -0.1) is 11.3 Å². The molecule has 0 bridgehead atoms. The normalized spacial score (nSPS) is 12.8. The average Bonchev–Trinajstić information content (AvgIpc) is 2.87. The average molecular weight is 301 g/mol. The van der Waals surface area contributed by atoms with Crippen LogP contribution in [0.5, 0.6) is 0 Å². The van der Waals surface area contributed by atoms with E-state index in [0.29, 0.717) is 12.0 Å². The van der Waals surface area contributed by atoms with Crippen molar-refractivity contribution in [2.24, 2.45) is 5.92 Å². The molecule has 2 rings (SSSR count). The van der Waals surface area contributed by atoms with Crippen LogP contribution in [0.1, 0.15) is 54.1 Å². The van der Waals surface area contributed by atoms with Gasteiger partial charge in [-0.1, -0.05) is 45.0 Å². The zero-order valence-corrected chi connectivity index (χ0v) is 14.5. The Hall–Kier alpha value is -1.12. The van der Waals surface area contributed by atoms with Crippen LogP contribution in [-0.4, -0.2) is 6.54 Å². The van der Waals surface area contributed by atoms with Crippen molar-refractivity contribution in [3.63, 3.8) is 0 Å². The van der Waals surface area contributed by atoms with E-state index in [1.54, 1.807) is 0 Å². The summed E-state index contributed by atoms with van der Waals surface area (Å²) in [4.78, 5) is 2.79. The second-order valence-corrected chi connectivity index (χ2v) is 7.49. The maximum Gasteiger partial charge on any atom is 0.0671 e. The molecule has 0 aliphatic rings. The summed E-state index contributed by atoms with van der Waals surface area (Å²) in [7, 11) is 0. The van der Waals surface area contributed by atoms with E-state index in [0.717, 1.165) is 19.4 Å². The third-order valence-electron chi connectivity index (χ3n) is 3.60. The van der Waals surface area contributed by atoms with E-state index in [1.807, 2.05) is 11.3 Å². The first-order chi connectivity index (χ1) is 10.1. The highest BCUT2D eigenvalue weighted by Crippen LogP contribution is 2.28. The van der Waals surface area contributed by atoms with Gasteiger partial charge in [-0.2, -0.15) is 0 Å². The standard InChI is InChI=1S/C19H27NS/c1-5-12-20-19(18-11-6-15(4)21-18)17-9-7-16(8-10-17)13-14(2)3/h6-11,14,19-20H,5,12-13H2,1-4H3. The smallest absolute Gasteiger partial charge is 0.0671 e. The highest BCUT2D eigenvalue weighted by atomic mass is 32.1. The topological polar surface area (TPSA) is 12.0 Å².